The first kappa shape index (κ1) is 18.6. The summed E-state index contributed by atoms with van der Waals surface area (Å²) in [6.45, 7) is 0. The van der Waals surface area contributed by atoms with Gasteiger partial charge in [0.25, 0.3) is 0 Å². The normalized spacial score (nSPS) is 19.9. The van der Waals surface area contributed by atoms with Crippen molar-refractivity contribution in [2.45, 2.75) is 18.7 Å². The third-order valence-electron chi connectivity index (χ3n) is 5.68. The Bertz CT molecular complexity index is 1300. The van der Waals surface area contributed by atoms with Gasteiger partial charge in [0.1, 0.15) is 5.75 Å². The van der Waals surface area contributed by atoms with Crippen molar-refractivity contribution in [3.05, 3.63) is 97.1 Å². The maximum absolute atomic E-state index is 6.49. The fraction of sp³-hybridized carbons (Fsp3) is 0.125. The van der Waals surface area contributed by atoms with E-state index in [0.29, 0.717) is 0 Å². The summed E-state index contributed by atoms with van der Waals surface area (Å²) in [6.07, 6.45) is 0.623. The number of hydrogen-bond donors (Lipinski definition) is 0. The highest BCUT2D eigenvalue weighted by Gasteiger charge is 2.42. The second-order valence-electron chi connectivity index (χ2n) is 7.50. The van der Waals surface area contributed by atoms with E-state index in [9.17, 15) is 0 Å². The molecule has 0 bridgehead atoms. The van der Waals surface area contributed by atoms with Crippen molar-refractivity contribution in [3.63, 3.8) is 0 Å². The van der Waals surface area contributed by atoms with Crippen LogP contribution in [-0.2, 0) is 0 Å². The van der Waals surface area contributed by atoms with Gasteiger partial charge in [0.15, 0.2) is 0 Å². The van der Waals surface area contributed by atoms with Gasteiger partial charge in [-0.15, -0.1) is 11.3 Å². The van der Waals surface area contributed by atoms with Gasteiger partial charge in [0.2, 0.25) is 6.23 Å². The second-order valence-corrected chi connectivity index (χ2v) is 10.2. The minimum Gasteiger partial charge on any atom is -0.462 e. The average molecular weight is 540 g/mol. The molecule has 6 heteroatoms. The first-order chi connectivity index (χ1) is 14.7. The summed E-state index contributed by atoms with van der Waals surface area (Å²) < 4.78 is 8.49. The van der Waals surface area contributed by atoms with Crippen LogP contribution in [0.1, 0.15) is 34.7 Å². The molecule has 0 saturated carbocycles. The van der Waals surface area contributed by atoms with Crippen LogP contribution in [0.3, 0.4) is 0 Å². The maximum atomic E-state index is 6.49. The Morgan fingerprint density at radius 3 is 2.67 bits per heavy atom. The van der Waals surface area contributed by atoms with E-state index in [2.05, 4.69) is 103 Å². The Labute approximate surface area is 195 Å². The molecule has 2 aliphatic heterocycles. The van der Waals surface area contributed by atoms with E-state index in [4.69, 9.17) is 9.84 Å². The number of ether oxygens (including phenoxy) is 1. The third kappa shape index (κ3) is 3.01. The Balaban J connectivity index is 1.47. The molecule has 3 aromatic carbocycles. The van der Waals surface area contributed by atoms with Gasteiger partial charge < -0.3 is 4.74 Å². The van der Waals surface area contributed by atoms with Crippen molar-refractivity contribution in [3.8, 4) is 5.75 Å². The van der Waals surface area contributed by atoms with Gasteiger partial charge >= 0.3 is 0 Å². The van der Waals surface area contributed by atoms with Crippen LogP contribution in [0.2, 0.25) is 0 Å². The van der Waals surface area contributed by atoms with Crippen LogP contribution >= 0.6 is 43.2 Å². The maximum Gasteiger partial charge on any atom is 0.223 e. The number of thiophene rings is 1. The van der Waals surface area contributed by atoms with Crippen LogP contribution in [0.15, 0.2) is 86.2 Å². The second kappa shape index (κ2) is 7.22. The van der Waals surface area contributed by atoms with Crippen LogP contribution < -0.4 is 4.74 Å². The lowest BCUT2D eigenvalue weighted by Crippen LogP contribution is -2.33. The molecular formula is C24H16Br2N2OS. The molecule has 0 amide bonds. The molecule has 0 aliphatic carbocycles. The molecule has 1 aromatic heterocycles. The molecule has 2 atom stereocenters. The molecule has 2 aliphatic rings. The Hall–Kier alpha value is -2.15. The lowest BCUT2D eigenvalue weighted by atomic mass is 9.95. The molecular weight excluding hydrogens is 524 g/mol. The molecule has 4 aromatic rings. The third-order valence-corrected chi connectivity index (χ3v) is 7.63. The number of benzene rings is 3. The fourth-order valence-corrected chi connectivity index (χ4v) is 6.37. The standard InChI is InChI=1S/C24H16Br2N2OS/c25-17-11-18-21-13-20(16-8-7-14-4-1-2-5-15(14)10-16)27-28(21)24(22-6-3-9-30-22)29-23(18)19(26)12-17/h1-12,21,24H,13H2/t21-,24-/m0/s1. The van der Waals surface area contributed by atoms with E-state index < -0.39 is 0 Å². The first-order valence-corrected chi connectivity index (χ1v) is 12.2. The van der Waals surface area contributed by atoms with Crippen molar-refractivity contribution in [1.29, 1.82) is 0 Å². The van der Waals surface area contributed by atoms with E-state index in [0.717, 1.165) is 37.3 Å². The number of hydrogen-bond acceptors (Lipinski definition) is 4. The molecule has 30 heavy (non-hydrogen) atoms. The molecule has 3 heterocycles. The summed E-state index contributed by atoms with van der Waals surface area (Å²) in [5.74, 6) is 0.910. The lowest BCUT2D eigenvalue weighted by molar-refractivity contribution is -0.0172. The quantitative estimate of drug-likeness (QED) is 0.261. The van der Waals surface area contributed by atoms with Crippen LogP contribution in [0.4, 0.5) is 0 Å². The van der Waals surface area contributed by atoms with E-state index >= 15 is 0 Å². The molecule has 148 valence electrons. The molecule has 0 spiro atoms. The fourth-order valence-electron chi connectivity index (χ4n) is 4.28. The molecule has 6 rings (SSSR count). The highest BCUT2D eigenvalue weighted by atomic mass is 79.9. The summed E-state index contributed by atoms with van der Waals surface area (Å²) in [5, 5.41) is 11.8. The number of fused-ring (bicyclic) bond motifs is 4. The predicted octanol–water partition coefficient (Wildman–Crippen LogP) is 7.67. The summed E-state index contributed by atoms with van der Waals surface area (Å²) in [5.41, 5.74) is 3.42. The Kier molecular flexibility index (Phi) is 4.48. The number of halogens is 2. The van der Waals surface area contributed by atoms with Gasteiger partial charge in [-0.2, -0.15) is 5.10 Å². The zero-order chi connectivity index (χ0) is 20.2. The summed E-state index contributed by atoms with van der Waals surface area (Å²) in [6, 6.07) is 23.6. The van der Waals surface area contributed by atoms with Crippen molar-refractivity contribution >= 4 is 59.7 Å². The number of hydrazone groups is 1. The molecule has 0 fully saturated rings. The summed E-state index contributed by atoms with van der Waals surface area (Å²) >= 11 is 9.04. The van der Waals surface area contributed by atoms with Crippen LogP contribution in [0.25, 0.3) is 10.8 Å². The molecule has 0 saturated heterocycles. The van der Waals surface area contributed by atoms with Gasteiger partial charge in [0, 0.05) is 16.5 Å². The zero-order valence-corrected chi connectivity index (χ0v) is 19.7. The van der Waals surface area contributed by atoms with Crippen molar-refractivity contribution in [2.24, 2.45) is 5.10 Å². The van der Waals surface area contributed by atoms with Gasteiger partial charge in [-0.1, -0.05) is 58.4 Å². The zero-order valence-electron chi connectivity index (χ0n) is 15.8. The Morgan fingerprint density at radius 2 is 1.83 bits per heavy atom. The van der Waals surface area contributed by atoms with Crippen molar-refractivity contribution < 1.29 is 4.74 Å². The van der Waals surface area contributed by atoms with Crippen molar-refractivity contribution in [2.75, 3.05) is 0 Å². The minimum atomic E-state index is -0.224. The predicted molar refractivity (Wildman–Crippen MR) is 129 cm³/mol. The highest BCUT2D eigenvalue weighted by Crippen LogP contribution is 2.51. The van der Waals surface area contributed by atoms with Crippen molar-refractivity contribution in [1.82, 2.24) is 5.01 Å². The van der Waals surface area contributed by atoms with Gasteiger partial charge in [0.05, 0.1) is 21.1 Å². The van der Waals surface area contributed by atoms with E-state index in [1.807, 2.05) is 6.07 Å². The lowest BCUT2D eigenvalue weighted by Gasteiger charge is -2.38. The molecule has 0 unspecified atom stereocenters. The number of nitrogens with zero attached hydrogens (tertiary/aromatic N) is 2. The minimum absolute atomic E-state index is 0.135. The van der Waals surface area contributed by atoms with Gasteiger partial charge in [-0.25, -0.2) is 5.01 Å². The van der Waals surface area contributed by atoms with Crippen LogP contribution in [0, 0.1) is 0 Å². The van der Waals surface area contributed by atoms with Gasteiger partial charge in [-0.3, -0.25) is 0 Å². The Morgan fingerprint density at radius 1 is 0.967 bits per heavy atom. The summed E-state index contributed by atoms with van der Waals surface area (Å²) in [7, 11) is 0. The smallest absolute Gasteiger partial charge is 0.223 e. The molecule has 0 N–H and O–H groups in total. The topological polar surface area (TPSA) is 24.8 Å². The average Bonchev–Trinajstić information content (AvgIpc) is 3.43. The largest absolute Gasteiger partial charge is 0.462 e. The SMILES string of the molecule is Brc1cc(Br)c2c(c1)[C@@H]1CC(c3ccc4ccccc4c3)=NN1[C@H](c1cccs1)O2. The van der Waals surface area contributed by atoms with E-state index in [1.165, 1.54) is 16.3 Å². The number of rotatable bonds is 2. The van der Waals surface area contributed by atoms with E-state index in [-0.39, 0.29) is 12.3 Å². The molecule has 3 nitrogen and oxygen atoms in total. The molecule has 0 radical (unpaired) electrons. The summed E-state index contributed by atoms with van der Waals surface area (Å²) in [4.78, 5) is 1.16. The van der Waals surface area contributed by atoms with Crippen LogP contribution in [0.5, 0.6) is 5.75 Å². The monoisotopic (exact) mass is 538 g/mol. The van der Waals surface area contributed by atoms with Gasteiger partial charge in [-0.05, 0) is 61.9 Å². The van der Waals surface area contributed by atoms with E-state index in [1.54, 1.807) is 11.3 Å². The first-order valence-electron chi connectivity index (χ1n) is 9.71. The van der Waals surface area contributed by atoms with Crippen LogP contribution in [-0.4, -0.2) is 10.7 Å². The highest BCUT2D eigenvalue weighted by molar-refractivity contribution is 9.11.